The van der Waals surface area contributed by atoms with Crippen LogP contribution in [0.15, 0.2) is 12.1 Å². The Balaban J connectivity index is 3.19. The highest BCUT2D eigenvalue weighted by Crippen LogP contribution is 2.27. The average Bonchev–Trinajstić information content (AvgIpc) is 2.34. The van der Waals surface area contributed by atoms with E-state index < -0.39 is 11.8 Å². The average molecular weight is 307 g/mol. The third-order valence-corrected chi connectivity index (χ3v) is 2.61. The Morgan fingerprint density at radius 1 is 1.41 bits per heavy atom. The summed E-state index contributed by atoms with van der Waals surface area (Å²) in [4.78, 5) is 11.5. The van der Waals surface area contributed by atoms with Gasteiger partial charge >= 0.3 is 5.97 Å². The molecule has 17 heavy (non-hydrogen) atoms. The summed E-state index contributed by atoms with van der Waals surface area (Å²) in [6.45, 7) is -0.0237. The number of carbonyl (C=O) groups is 1. The molecule has 0 bridgehead atoms. The fourth-order valence-corrected chi connectivity index (χ4v) is 1.87. The third-order valence-electron chi connectivity index (χ3n) is 2.04. The Morgan fingerprint density at radius 3 is 2.65 bits per heavy atom. The highest BCUT2D eigenvalue weighted by molar-refractivity contribution is 9.08. The van der Waals surface area contributed by atoms with E-state index in [0.717, 1.165) is 6.07 Å². The molecule has 0 N–H and O–H groups in total. The van der Waals surface area contributed by atoms with Crippen LogP contribution < -0.4 is 4.74 Å². The molecule has 0 saturated carbocycles. The van der Waals surface area contributed by atoms with Crippen molar-refractivity contribution in [1.82, 2.24) is 0 Å². The Labute approximate surface area is 107 Å². The van der Waals surface area contributed by atoms with Gasteiger partial charge in [0.1, 0.15) is 11.6 Å². The van der Waals surface area contributed by atoms with E-state index in [1.54, 1.807) is 0 Å². The van der Waals surface area contributed by atoms with E-state index in [1.165, 1.54) is 20.3 Å². The monoisotopic (exact) mass is 306 g/mol. The third kappa shape index (κ3) is 3.41. The van der Waals surface area contributed by atoms with E-state index in [2.05, 4.69) is 20.7 Å². The Hall–Kier alpha value is -1.14. The summed E-state index contributed by atoms with van der Waals surface area (Å²) in [5, 5.41) is 0.344. The van der Waals surface area contributed by atoms with Crippen LogP contribution in [0.4, 0.5) is 4.39 Å². The first-order valence-electron chi connectivity index (χ1n) is 4.72. The van der Waals surface area contributed by atoms with Crippen molar-refractivity contribution >= 4 is 21.9 Å². The van der Waals surface area contributed by atoms with E-state index in [-0.39, 0.29) is 18.1 Å². The van der Waals surface area contributed by atoms with Crippen molar-refractivity contribution in [2.75, 3.05) is 21.0 Å². The molecule has 1 rings (SSSR count). The molecule has 0 radical (unpaired) electrons. The topological polar surface area (TPSA) is 44.8 Å². The van der Waals surface area contributed by atoms with E-state index in [4.69, 9.17) is 9.47 Å². The first-order chi connectivity index (χ1) is 8.13. The van der Waals surface area contributed by atoms with Crippen molar-refractivity contribution < 1.29 is 23.4 Å². The number of ether oxygens (including phenoxy) is 3. The number of carbonyl (C=O) groups excluding carboxylic acids is 1. The molecule has 1 aromatic rings. The Morgan fingerprint density at radius 2 is 2.12 bits per heavy atom. The summed E-state index contributed by atoms with van der Waals surface area (Å²) in [6, 6.07) is 2.31. The summed E-state index contributed by atoms with van der Waals surface area (Å²) < 4.78 is 27.8. The van der Waals surface area contributed by atoms with Crippen LogP contribution in [-0.4, -0.2) is 27.0 Å². The summed E-state index contributed by atoms with van der Waals surface area (Å²) in [6.07, 6.45) is 0. The van der Waals surface area contributed by atoms with Gasteiger partial charge in [-0.3, -0.25) is 0 Å². The smallest absolute Gasteiger partial charge is 0.338 e. The first-order valence-corrected chi connectivity index (χ1v) is 5.84. The lowest BCUT2D eigenvalue weighted by molar-refractivity contribution is 0.0495. The van der Waals surface area contributed by atoms with Crippen LogP contribution in [-0.2, 0) is 14.8 Å². The normalized spacial score (nSPS) is 10.1. The second-order valence-corrected chi connectivity index (χ2v) is 3.67. The number of hydrogen-bond acceptors (Lipinski definition) is 4. The molecule has 0 fully saturated rings. The molecule has 4 nitrogen and oxygen atoms in total. The van der Waals surface area contributed by atoms with Gasteiger partial charge in [-0.2, -0.15) is 0 Å². The second kappa shape index (κ2) is 6.56. The number of alkyl halides is 1. The Kier molecular flexibility index (Phi) is 5.37. The van der Waals surface area contributed by atoms with Crippen molar-refractivity contribution in [2.24, 2.45) is 0 Å². The molecule has 0 atom stereocenters. The molecule has 0 unspecified atom stereocenters. The zero-order valence-corrected chi connectivity index (χ0v) is 11.0. The molecule has 0 heterocycles. The molecule has 0 aliphatic heterocycles. The van der Waals surface area contributed by atoms with E-state index in [1.807, 2.05) is 0 Å². The largest absolute Gasteiger partial charge is 0.467 e. The van der Waals surface area contributed by atoms with Crippen molar-refractivity contribution in [3.63, 3.8) is 0 Å². The molecule has 0 aliphatic rings. The maximum Gasteiger partial charge on any atom is 0.338 e. The molecule has 0 spiro atoms. The summed E-state index contributed by atoms with van der Waals surface area (Å²) in [5.74, 6) is -0.924. The van der Waals surface area contributed by atoms with Crippen LogP contribution in [0.1, 0.15) is 15.9 Å². The van der Waals surface area contributed by atoms with Gasteiger partial charge in [-0.25, -0.2) is 9.18 Å². The molecule has 1 aromatic carbocycles. The maximum atomic E-state index is 13.3. The van der Waals surface area contributed by atoms with Crippen LogP contribution in [0.25, 0.3) is 0 Å². The molecule has 0 aromatic heterocycles. The zero-order chi connectivity index (χ0) is 12.8. The van der Waals surface area contributed by atoms with Crippen LogP contribution in [0.3, 0.4) is 0 Å². The van der Waals surface area contributed by atoms with Crippen molar-refractivity contribution in [3.8, 4) is 5.75 Å². The lowest BCUT2D eigenvalue weighted by atomic mass is 10.1. The van der Waals surface area contributed by atoms with Crippen LogP contribution >= 0.6 is 15.9 Å². The van der Waals surface area contributed by atoms with E-state index >= 15 is 0 Å². The highest BCUT2D eigenvalue weighted by atomic mass is 79.9. The van der Waals surface area contributed by atoms with Gasteiger partial charge in [0.15, 0.2) is 6.79 Å². The minimum atomic E-state index is -0.610. The van der Waals surface area contributed by atoms with E-state index in [9.17, 15) is 9.18 Å². The molecular formula is C11H12BrFO4. The molecule has 0 amide bonds. The molecule has 6 heteroatoms. The molecule has 0 saturated heterocycles. The molecular weight excluding hydrogens is 295 g/mol. The van der Waals surface area contributed by atoms with Crippen molar-refractivity contribution in [1.29, 1.82) is 0 Å². The fraction of sp³-hybridized carbons (Fsp3) is 0.364. The van der Waals surface area contributed by atoms with Crippen molar-refractivity contribution in [2.45, 2.75) is 5.33 Å². The maximum absolute atomic E-state index is 13.3. The van der Waals surface area contributed by atoms with Crippen LogP contribution in [0, 0.1) is 5.82 Å². The summed E-state index contributed by atoms with van der Waals surface area (Å²) in [5.41, 5.74) is 0.658. The van der Waals surface area contributed by atoms with Gasteiger partial charge in [0.25, 0.3) is 0 Å². The predicted molar refractivity (Wildman–Crippen MR) is 62.9 cm³/mol. The van der Waals surface area contributed by atoms with Crippen LogP contribution in [0.5, 0.6) is 5.75 Å². The standard InChI is InChI=1S/C11H12BrFO4/c1-15-6-17-10-4-7(13)3-8(9(10)5-12)11(14)16-2/h3-4H,5-6H2,1-2H3. The van der Waals surface area contributed by atoms with Crippen LogP contribution in [0.2, 0.25) is 0 Å². The number of rotatable bonds is 5. The lowest BCUT2D eigenvalue weighted by Gasteiger charge is -2.12. The van der Waals surface area contributed by atoms with Gasteiger partial charge < -0.3 is 14.2 Å². The second-order valence-electron chi connectivity index (χ2n) is 3.11. The molecule has 0 aliphatic carbocycles. The Bertz CT molecular complexity index is 409. The van der Waals surface area contributed by atoms with Gasteiger partial charge in [0, 0.05) is 24.1 Å². The van der Waals surface area contributed by atoms with Gasteiger partial charge in [0.05, 0.1) is 12.7 Å². The summed E-state index contributed by atoms with van der Waals surface area (Å²) in [7, 11) is 2.69. The number of halogens is 2. The summed E-state index contributed by atoms with van der Waals surface area (Å²) >= 11 is 3.22. The lowest BCUT2D eigenvalue weighted by Crippen LogP contribution is -2.09. The minimum absolute atomic E-state index is 0.0237. The SMILES string of the molecule is COCOc1cc(F)cc(C(=O)OC)c1CBr. The van der Waals surface area contributed by atoms with Gasteiger partial charge in [-0.1, -0.05) is 15.9 Å². The number of methoxy groups -OCH3 is 2. The van der Waals surface area contributed by atoms with Gasteiger partial charge in [-0.05, 0) is 6.07 Å². The van der Waals surface area contributed by atoms with Gasteiger partial charge in [0.2, 0.25) is 0 Å². The zero-order valence-electron chi connectivity index (χ0n) is 9.46. The van der Waals surface area contributed by atoms with Crippen molar-refractivity contribution in [3.05, 3.63) is 29.1 Å². The number of esters is 1. The quantitative estimate of drug-likeness (QED) is 0.476. The first kappa shape index (κ1) is 13.9. The van der Waals surface area contributed by atoms with Gasteiger partial charge in [-0.15, -0.1) is 0 Å². The molecule has 94 valence electrons. The number of hydrogen-bond donors (Lipinski definition) is 0. The predicted octanol–water partition coefficient (Wildman–Crippen LogP) is 2.49. The number of benzene rings is 1. The fourth-order valence-electron chi connectivity index (χ4n) is 1.29. The highest BCUT2D eigenvalue weighted by Gasteiger charge is 2.17. The minimum Gasteiger partial charge on any atom is -0.467 e. The van der Waals surface area contributed by atoms with E-state index in [0.29, 0.717) is 10.9 Å².